The van der Waals surface area contributed by atoms with Crippen LogP contribution in [0.3, 0.4) is 0 Å². The van der Waals surface area contributed by atoms with Gasteiger partial charge >= 0.3 is 0 Å². The van der Waals surface area contributed by atoms with E-state index in [4.69, 9.17) is 14.2 Å². The van der Waals surface area contributed by atoms with Gasteiger partial charge in [0.05, 0.1) is 32.7 Å². The summed E-state index contributed by atoms with van der Waals surface area (Å²) in [4.78, 5) is 15.2. The highest BCUT2D eigenvalue weighted by Gasteiger charge is 2.24. The van der Waals surface area contributed by atoms with Crippen molar-refractivity contribution in [3.8, 4) is 17.2 Å². The molecular formula is C26H25NO4. The third-order valence-corrected chi connectivity index (χ3v) is 5.45. The molecule has 0 aliphatic carbocycles. The van der Waals surface area contributed by atoms with Gasteiger partial charge in [-0.2, -0.15) is 0 Å². The molecule has 0 aromatic heterocycles. The van der Waals surface area contributed by atoms with Gasteiger partial charge in [0, 0.05) is 6.08 Å². The molecule has 5 nitrogen and oxygen atoms in total. The highest BCUT2D eigenvalue weighted by atomic mass is 16.5. The third-order valence-electron chi connectivity index (χ3n) is 5.45. The first-order chi connectivity index (χ1) is 15.2. The average molecular weight is 415 g/mol. The van der Waals surface area contributed by atoms with Crippen molar-refractivity contribution in [2.24, 2.45) is 0 Å². The SMILES string of the molecule is COc1cc(C=CC(=O)N2c3ccccc3CCc3ccccc32)cc(OC)c1OC. The Morgan fingerprint density at radius 1 is 0.806 bits per heavy atom. The maximum Gasteiger partial charge on any atom is 0.255 e. The fourth-order valence-electron chi connectivity index (χ4n) is 3.96. The molecule has 0 spiro atoms. The zero-order valence-electron chi connectivity index (χ0n) is 17.9. The van der Waals surface area contributed by atoms with Crippen molar-refractivity contribution in [1.82, 2.24) is 0 Å². The molecule has 158 valence electrons. The Labute approximate surface area is 182 Å². The Balaban J connectivity index is 1.73. The van der Waals surface area contributed by atoms with Crippen LogP contribution in [0.2, 0.25) is 0 Å². The number of ether oxygens (including phenoxy) is 3. The van der Waals surface area contributed by atoms with Gasteiger partial charge in [-0.15, -0.1) is 0 Å². The number of carbonyl (C=O) groups excluding carboxylic acids is 1. The van der Waals surface area contributed by atoms with Gasteiger partial charge in [-0.05, 0) is 59.9 Å². The van der Waals surface area contributed by atoms with Crippen molar-refractivity contribution in [2.75, 3.05) is 26.2 Å². The second-order valence-corrected chi connectivity index (χ2v) is 7.22. The first-order valence-corrected chi connectivity index (χ1v) is 10.1. The van der Waals surface area contributed by atoms with Gasteiger partial charge in [-0.25, -0.2) is 0 Å². The lowest BCUT2D eigenvalue weighted by atomic mass is 10.0. The van der Waals surface area contributed by atoms with E-state index in [9.17, 15) is 4.79 Å². The second-order valence-electron chi connectivity index (χ2n) is 7.22. The van der Waals surface area contributed by atoms with E-state index < -0.39 is 0 Å². The molecule has 5 heteroatoms. The standard InChI is InChI=1S/C26H25NO4/c1-29-23-16-18(17-24(30-2)26(23)31-3)12-15-25(28)27-21-10-6-4-8-19(21)13-14-20-9-5-7-11-22(20)27/h4-12,15-17H,13-14H2,1-3H3. The predicted octanol–water partition coefficient (Wildman–Crippen LogP) is 5.19. The van der Waals surface area contributed by atoms with E-state index in [2.05, 4.69) is 12.1 Å². The molecule has 3 aromatic rings. The molecule has 1 aliphatic rings. The molecule has 0 unspecified atom stereocenters. The van der Waals surface area contributed by atoms with E-state index in [-0.39, 0.29) is 5.91 Å². The van der Waals surface area contributed by atoms with Crippen LogP contribution in [-0.4, -0.2) is 27.2 Å². The van der Waals surface area contributed by atoms with Gasteiger partial charge < -0.3 is 14.2 Å². The molecule has 1 heterocycles. The summed E-state index contributed by atoms with van der Waals surface area (Å²) in [5.41, 5.74) is 4.94. The summed E-state index contributed by atoms with van der Waals surface area (Å²) in [7, 11) is 4.70. The number of nitrogens with zero attached hydrogens (tertiary/aromatic N) is 1. The summed E-state index contributed by atoms with van der Waals surface area (Å²) >= 11 is 0. The fourth-order valence-corrected chi connectivity index (χ4v) is 3.96. The maximum atomic E-state index is 13.4. The maximum absolute atomic E-state index is 13.4. The molecule has 1 aliphatic heterocycles. The molecule has 1 amide bonds. The Bertz CT molecular complexity index is 1060. The topological polar surface area (TPSA) is 48.0 Å². The van der Waals surface area contributed by atoms with E-state index in [1.807, 2.05) is 48.5 Å². The molecule has 0 radical (unpaired) electrons. The normalized spacial score (nSPS) is 12.7. The number of anilines is 2. The minimum atomic E-state index is -0.115. The summed E-state index contributed by atoms with van der Waals surface area (Å²) in [5, 5.41) is 0. The van der Waals surface area contributed by atoms with Gasteiger partial charge in [0.1, 0.15) is 0 Å². The van der Waals surface area contributed by atoms with E-state index in [0.29, 0.717) is 17.2 Å². The number of hydrogen-bond donors (Lipinski definition) is 0. The van der Waals surface area contributed by atoms with Crippen molar-refractivity contribution in [3.63, 3.8) is 0 Å². The number of amides is 1. The average Bonchev–Trinajstić information content (AvgIpc) is 2.98. The highest BCUT2D eigenvalue weighted by molar-refractivity contribution is 6.10. The zero-order valence-corrected chi connectivity index (χ0v) is 17.9. The lowest BCUT2D eigenvalue weighted by Crippen LogP contribution is -2.24. The van der Waals surface area contributed by atoms with E-state index in [1.165, 1.54) is 0 Å². The summed E-state index contributed by atoms with van der Waals surface area (Å²) in [6.07, 6.45) is 5.14. The highest BCUT2D eigenvalue weighted by Crippen LogP contribution is 2.39. The van der Waals surface area contributed by atoms with Crippen molar-refractivity contribution in [1.29, 1.82) is 0 Å². The molecule has 31 heavy (non-hydrogen) atoms. The van der Waals surface area contributed by atoms with E-state index in [1.54, 1.807) is 38.4 Å². The molecule has 0 saturated heterocycles. The monoisotopic (exact) mass is 415 g/mol. The molecule has 3 aromatic carbocycles. The Morgan fingerprint density at radius 2 is 1.32 bits per heavy atom. The van der Waals surface area contributed by atoms with E-state index in [0.717, 1.165) is 40.9 Å². The number of hydrogen-bond acceptors (Lipinski definition) is 4. The minimum absolute atomic E-state index is 0.115. The summed E-state index contributed by atoms with van der Waals surface area (Å²) in [5.74, 6) is 1.48. The van der Waals surface area contributed by atoms with E-state index >= 15 is 0 Å². The predicted molar refractivity (Wildman–Crippen MR) is 123 cm³/mol. The molecule has 4 rings (SSSR count). The Kier molecular flexibility index (Phi) is 5.94. The summed E-state index contributed by atoms with van der Waals surface area (Å²) in [6, 6.07) is 19.8. The molecule has 0 fully saturated rings. The van der Waals surface area contributed by atoms with Gasteiger partial charge in [-0.3, -0.25) is 9.69 Å². The molecular weight excluding hydrogens is 390 g/mol. The van der Waals surface area contributed by atoms with Crippen LogP contribution in [-0.2, 0) is 17.6 Å². The first-order valence-electron chi connectivity index (χ1n) is 10.1. The largest absolute Gasteiger partial charge is 0.493 e. The van der Waals surface area contributed by atoms with Crippen molar-refractivity contribution in [2.45, 2.75) is 12.8 Å². The van der Waals surface area contributed by atoms with Crippen LogP contribution in [0.5, 0.6) is 17.2 Å². The fraction of sp³-hybridized carbons (Fsp3) is 0.192. The van der Waals surface area contributed by atoms with Crippen molar-refractivity contribution < 1.29 is 19.0 Å². The lowest BCUT2D eigenvalue weighted by molar-refractivity contribution is -0.113. The van der Waals surface area contributed by atoms with Crippen molar-refractivity contribution in [3.05, 3.63) is 83.4 Å². The van der Waals surface area contributed by atoms with Gasteiger partial charge in [0.15, 0.2) is 11.5 Å². The van der Waals surface area contributed by atoms with Gasteiger partial charge in [0.25, 0.3) is 5.91 Å². The lowest BCUT2D eigenvalue weighted by Gasteiger charge is -2.23. The number of fused-ring (bicyclic) bond motifs is 2. The second kappa shape index (κ2) is 8.96. The van der Waals surface area contributed by atoms with Crippen molar-refractivity contribution >= 4 is 23.4 Å². The van der Waals surface area contributed by atoms with Crippen LogP contribution in [0.1, 0.15) is 16.7 Å². The molecule has 0 bridgehead atoms. The minimum Gasteiger partial charge on any atom is -0.493 e. The third kappa shape index (κ3) is 3.99. The van der Waals surface area contributed by atoms with Crippen LogP contribution in [0.25, 0.3) is 6.08 Å². The van der Waals surface area contributed by atoms with Crippen LogP contribution < -0.4 is 19.1 Å². The number of para-hydroxylation sites is 2. The van der Waals surface area contributed by atoms with Gasteiger partial charge in [0.2, 0.25) is 5.75 Å². The zero-order chi connectivity index (χ0) is 21.8. The number of aryl methyl sites for hydroxylation is 2. The molecule has 0 N–H and O–H groups in total. The van der Waals surface area contributed by atoms with Crippen LogP contribution in [0, 0.1) is 0 Å². The Morgan fingerprint density at radius 3 is 1.81 bits per heavy atom. The van der Waals surface area contributed by atoms with Crippen LogP contribution in [0.15, 0.2) is 66.7 Å². The number of carbonyl (C=O) groups is 1. The first kappa shape index (κ1) is 20.5. The Hall–Kier alpha value is -3.73. The molecule has 0 saturated carbocycles. The van der Waals surface area contributed by atoms with Gasteiger partial charge in [-0.1, -0.05) is 36.4 Å². The summed E-state index contributed by atoms with van der Waals surface area (Å²) in [6.45, 7) is 0. The van der Waals surface area contributed by atoms with Crippen LogP contribution >= 0.6 is 0 Å². The quantitative estimate of drug-likeness (QED) is 0.538. The number of benzene rings is 3. The smallest absolute Gasteiger partial charge is 0.255 e. The molecule has 0 atom stereocenters. The summed E-state index contributed by atoms with van der Waals surface area (Å²) < 4.78 is 16.2. The number of rotatable bonds is 5. The van der Waals surface area contributed by atoms with Crippen LogP contribution in [0.4, 0.5) is 11.4 Å². The number of methoxy groups -OCH3 is 3.